The van der Waals surface area contributed by atoms with Crippen LogP contribution in [0.4, 0.5) is 0 Å². The maximum atomic E-state index is 12.9. The molecular formula is C37H34ClN3O3. The van der Waals surface area contributed by atoms with Crippen LogP contribution in [0, 0.1) is 6.92 Å². The topological polar surface area (TPSA) is 64.9 Å². The van der Waals surface area contributed by atoms with E-state index in [4.69, 9.17) is 21.1 Å². The molecule has 44 heavy (non-hydrogen) atoms. The summed E-state index contributed by atoms with van der Waals surface area (Å²) in [5, 5.41) is 4.90. The van der Waals surface area contributed by atoms with Crippen LogP contribution >= 0.6 is 11.6 Å². The molecule has 0 radical (unpaired) electrons. The molecule has 0 aliphatic carbocycles. The second-order valence-electron chi connectivity index (χ2n) is 10.2. The van der Waals surface area contributed by atoms with Crippen LogP contribution in [-0.2, 0) is 13.0 Å². The first-order chi connectivity index (χ1) is 21.5. The van der Waals surface area contributed by atoms with Crippen LogP contribution in [0.15, 0.2) is 121 Å². The van der Waals surface area contributed by atoms with Crippen LogP contribution < -0.4 is 14.9 Å². The molecule has 0 atom stereocenters. The lowest BCUT2D eigenvalue weighted by molar-refractivity contribution is 0.0955. The summed E-state index contributed by atoms with van der Waals surface area (Å²) in [5.74, 6) is 0.940. The largest absolute Gasteiger partial charge is 0.490 e. The van der Waals surface area contributed by atoms with Crippen molar-refractivity contribution in [3.8, 4) is 28.4 Å². The average molecular weight is 604 g/mol. The van der Waals surface area contributed by atoms with Crippen molar-refractivity contribution >= 4 is 23.7 Å². The molecule has 0 bridgehead atoms. The number of amides is 1. The molecule has 0 aliphatic rings. The van der Waals surface area contributed by atoms with E-state index >= 15 is 0 Å². The SMILES string of the molecule is C=CCc1cc(/C=N/NC(=O)c2ccc(-n3c(C)ccc3-c3ccccc3)cc2)cc(OCC)c1OCc1ccc(Cl)cc1. The number of carbonyl (C=O) groups is 1. The molecule has 0 saturated carbocycles. The Morgan fingerprint density at radius 2 is 1.70 bits per heavy atom. The lowest BCUT2D eigenvalue weighted by Gasteiger charge is -2.17. The van der Waals surface area contributed by atoms with E-state index in [9.17, 15) is 4.79 Å². The van der Waals surface area contributed by atoms with Crippen molar-refractivity contribution in [2.45, 2.75) is 26.9 Å². The van der Waals surface area contributed by atoms with Crippen molar-refractivity contribution < 1.29 is 14.3 Å². The molecule has 0 spiro atoms. The fourth-order valence-corrected chi connectivity index (χ4v) is 5.06. The predicted molar refractivity (Wildman–Crippen MR) is 178 cm³/mol. The van der Waals surface area contributed by atoms with Crippen molar-refractivity contribution in [3.63, 3.8) is 0 Å². The maximum absolute atomic E-state index is 12.9. The quantitative estimate of drug-likeness (QED) is 0.0882. The molecular weight excluding hydrogens is 570 g/mol. The van der Waals surface area contributed by atoms with Gasteiger partial charge in [0, 0.05) is 27.5 Å². The van der Waals surface area contributed by atoms with Crippen LogP contribution in [0.5, 0.6) is 11.5 Å². The zero-order chi connectivity index (χ0) is 30.9. The number of hydrogen-bond donors (Lipinski definition) is 1. The molecule has 0 saturated heterocycles. The summed E-state index contributed by atoms with van der Waals surface area (Å²) in [7, 11) is 0. The molecule has 7 heteroatoms. The minimum absolute atomic E-state index is 0.306. The first kappa shape index (κ1) is 30.4. The molecule has 222 valence electrons. The Labute approximate surface area is 263 Å². The highest BCUT2D eigenvalue weighted by atomic mass is 35.5. The predicted octanol–water partition coefficient (Wildman–Crippen LogP) is 8.58. The first-order valence-corrected chi connectivity index (χ1v) is 14.8. The van der Waals surface area contributed by atoms with Crippen LogP contribution in [0.3, 0.4) is 0 Å². The molecule has 0 fully saturated rings. The zero-order valence-electron chi connectivity index (χ0n) is 24.8. The zero-order valence-corrected chi connectivity index (χ0v) is 25.6. The van der Waals surface area contributed by atoms with Gasteiger partial charge in [0.2, 0.25) is 0 Å². The van der Waals surface area contributed by atoms with Crippen molar-refractivity contribution in [1.29, 1.82) is 0 Å². The Bertz CT molecular complexity index is 1760. The van der Waals surface area contributed by atoms with E-state index in [0.717, 1.165) is 39.3 Å². The summed E-state index contributed by atoms with van der Waals surface area (Å²) in [4.78, 5) is 12.9. The Morgan fingerprint density at radius 1 is 0.955 bits per heavy atom. The number of rotatable bonds is 12. The highest BCUT2D eigenvalue weighted by Crippen LogP contribution is 2.34. The summed E-state index contributed by atoms with van der Waals surface area (Å²) < 4.78 is 14.3. The van der Waals surface area contributed by atoms with Gasteiger partial charge in [0.15, 0.2) is 11.5 Å². The van der Waals surface area contributed by atoms with E-state index in [-0.39, 0.29) is 5.91 Å². The molecule has 1 N–H and O–H groups in total. The van der Waals surface area contributed by atoms with E-state index in [2.05, 4.69) is 52.9 Å². The van der Waals surface area contributed by atoms with Gasteiger partial charge in [0.1, 0.15) is 6.61 Å². The van der Waals surface area contributed by atoms with Crippen molar-refractivity contribution in [2.75, 3.05) is 6.61 Å². The summed E-state index contributed by atoms with van der Waals surface area (Å²) in [6, 6.07) is 33.2. The van der Waals surface area contributed by atoms with Gasteiger partial charge in [-0.05, 0) is 97.6 Å². The third kappa shape index (κ3) is 7.28. The lowest BCUT2D eigenvalue weighted by atomic mass is 10.1. The number of benzene rings is 4. The van der Waals surface area contributed by atoms with Gasteiger partial charge in [-0.3, -0.25) is 4.79 Å². The van der Waals surface area contributed by atoms with Crippen LogP contribution in [0.25, 0.3) is 16.9 Å². The highest BCUT2D eigenvalue weighted by molar-refractivity contribution is 6.30. The van der Waals surface area contributed by atoms with Crippen LogP contribution in [-0.4, -0.2) is 23.3 Å². The van der Waals surface area contributed by atoms with Gasteiger partial charge in [-0.25, -0.2) is 5.43 Å². The van der Waals surface area contributed by atoms with Gasteiger partial charge < -0.3 is 14.0 Å². The van der Waals surface area contributed by atoms with Gasteiger partial charge in [0.25, 0.3) is 5.91 Å². The van der Waals surface area contributed by atoms with Crippen molar-refractivity contribution in [1.82, 2.24) is 9.99 Å². The van der Waals surface area contributed by atoms with Gasteiger partial charge >= 0.3 is 0 Å². The number of nitrogens with one attached hydrogen (secondary N) is 1. The molecule has 5 aromatic rings. The normalized spacial score (nSPS) is 11.0. The Balaban J connectivity index is 1.30. The molecule has 4 aromatic carbocycles. The Hall–Kier alpha value is -5.07. The fourth-order valence-electron chi connectivity index (χ4n) is 4.94. The summed E-state index contributed by atoms with van der Waals surface area (Å²) in [5.41, 5.74) is 10.1. The third-order valence-electron chi connectivity index (χ3n) is 7.03. The minimum atomic E-state index is -0.306. The van der Waals surface area contributed by atoms with E-state index in [1.807, 2.05) is 79.7 Å². The van der Waals surface area contributed by atoms with Crippen molar-refractivity contribution in [3.05, 3.63) is 149 Å². The molecule has 0 unspecified atom stereocenters. The van der Waals surface area contributed by atoms with Gasteiger partial charge in [-0.15, -0.1) is 6.58 Å². The van der Waals surface area contributed by atoms with Crippen molar-refractivity contribution in [2.24, 2.45) is 5.10 Å². The highest BCUT2D eigenvalue weighted by Gasteiger charge is 2.14. The van der Waals surface area contributed by atoms with Crippen LogP contribution in [0.1, 0.15) is 39.7 Å². The number of carbonyl (C=O) groups excluding carboxylic acids is 1. The van der Waals surface area contributed by atoms with E-state index in [1.165, 1.54) is 0 Å². The number of hydrogen-bond acceptors (Lipinski definition) is 4. The summed E-state index contributed by atoms with van der Waals surface area (Å²) in [6.07, 6.45) is 3.98. The molecule has 1 heterocycles. The Kier molecular flexibility index (Phi) is 9.95. The number of aromatic nitrogens is 1. The van der Waals surface area contributed by atoms with E-state index in [1.54, 1.807) is 18.3 Å². The molecule has 1 amide bonds. The van der Waals surface area contributed by atoms with Gasteiger partial charge in [0.05, 0.1) is 18.5 Å². The first-order valence-electron chi connectivity index (χ1n) is 14.4. The second kappa shape index (κ2) is 14.4. The monoisotopic (exact) mass is 603 g/mol. The smallest absolute Gasteiger partial charge is 0.271 e. The lowest BCUT2D eigenvalue weighted by Crippen LogP contribution is -2.17. The van der Waals surface area contributed by atoms with Gasteiger partial charge in [-0.2, -0.15) is 5.10 Å². The van der Waals surface area contributed by atoms with Gasteiger partial charge in [-0.1, -0.05) is 60.1 Å². The number of allylic oxidation sites excluding steroid dienone is 1. The maximum Gasteiger partial charge on any atom is 0.271 e. The molecule has 6 nitrogen and oxygen atoms in total. The number of hydrazone groups is 1. The second-order valence-corrected chi connectivity index (χ2v) is 10.6. The summed E-state index contributed by atoms with van der Waals surface area (Å²) in [6.45, 7) is 8.71. The van der Waals surface area contributed by atoms with Crippen LogP contribution in [0.2, 0.25) is 5.02 Å². The number of aryl methyl sites for hydroxylation is 1. The number of halogens is 1. The van der Waals surface area contributed by atoms with E-state index in [0.29, 0.717) is 41.7 Å². The number of nitrogens with zero attached hydrogens (tertiary/aromatic N) is 2. The fraction of sp³-hybridized carbons (Fsp3) is 0.135. The molecule has 5 rings (SSSR count). The number of ether oxygens (including phenoxy) is 2. The van der Waals surface area contributed by atoms with E-state index < -0.39 is 0 Å². The molecule has 1 aromatic heterocycles. The Morgan fingerprint density at radius 3 is 2.41 bits per heavy atom. The minimum Gasteiger partial charge on any atom is -0.490 e. The molecule has 0 aliphatic heterocycles. The average Bonchev–Trinajstić information content (AvgIpc) is 3.43. The summed E-state index contributed by atoms with van der Waals surface area (Å²) >= 11 is 6.02. The third-order valence-corrected chi connectivity index (χ3v) is 7.28. The standard InChI is InChI=1S/C37H34ClN3O3/c1-4-9-31-22-28(23-35(43-5-2)36(31)44-25-27-13-17-32(38)18-14-27)24-39-40-37(42)30-15-19-33(20-16-30)41-26(3)12-21-34(41)29-10-7-6-8-11-29/h4,6-8,10-24H,1,5,9,25H2,2-3H3,(H,40,42)/b39-24+.